The molecule has 0 bridgehead atoms. The van der Waals surface area contributed by atoms with Crippen LogP contribution in [0.2, 0.25) is 0 Å². The average molecular weight is 317 g/mol. The molecule has 0 amide bonds. The molecular weight excluding hydrogens is 306 g/mol. The largest absolute Gasteiger partial charge is 0.388 e. The SMILES string of the molecule is CCc1nsc(Sc2sc([C@H](C)O)cc2[N+](=O)[O-])n1. The molecule has 9 heteroatoms. The molecule has 0 unspecified atom stereocenters. The van der Waals surface area contributed by atoms with Gasteiger partial charge in [-0.05, 0) is 30.2 Å². The van der Waals surface area contributed by atoms with Gasteiger partial charge in [-0.3, -0.25) is 10.1 Å². The van der Waals surface area contributed by atoms with Gasteiger partial charge >= 0.3 is 0 Å². The van der Waals surface area contributed by atoms with Gasteiger partial charge in [0.1, 0.15) is 10.0 Å². The molecule has 0 radical (unpaired) electrons. The summed E-state index contributed by atoms with van der Waals surface area (Å²) in [4.78, 5) is 15.4. The first-order valence-corrected chi connectivity index (χ1v) is 7.88. The quantitative estimate of drug-likeness (QED) is 0.672. The standard InChI is InChI=1S/C10H11N3O3S3/c1-3-8-11-10(19-12-8)18-9-6(13(15)16)4-7(17-9)5(2)14/h4-5,14H,3H2,1-2H3/t5-/m0/s1. The molecular formula is C10H11N3O3S3. The Morgan fingerprint density at radius 2 is 2.37 bits per heavy atom. The molecule has 1 atom stereocenters. The van der Waals surface area contributed by atoms with Gasteiger partial charge in [0.15, 0.2) is 4.34 Å². The highest BCUT2D eigenvalue weighted by molar-refractivity contribution is 8.02. The number of rotatable bonds is 5. The van der Waals surface area contributed by atoms with E-state index in [1.54, 1.807) is 6.92 Å². The van der Waals surface area contributed by atoms with Crippen LogP contribution in [0.5, 0.6) is 0 Å². The van der Waals surface area contributed by atoms with Crippen LogP contribution in [-0.2, 0) is 6.42 Å². The van der Waals surface area contributed by atoms with Crippen molar-refractivity contribution in [1.29, 1.82) is 0 Å². The summed E-state index contributed by atoms with van der Waals surface area (Å²) in [5.41, 5.74) is 0.0131. The first kappa shape index (κ1) is 14.4. The van der Waals surface area contributed by atoms with Crippen LogP contribution < -0.4 is 0 Å². The molecule has 0 saturated heterocycles. The lowest BCUT2D eigenvalue weighted by atomic mass is 10.3. The smallest absolute Gasteiger partial charge is 0.294 e. The monoisotopic (exact) mass is 317 g/mol. The van der Waals surface area contributed by atoms with Gasteiger partial charge in [0.05, 0.1) is 11.0 Å². The van der Waals surface area contributed by atoms with E-state index >= 15 is 0 Å². The normalized spacial score (nSPS) is 12.6. The fraction of sp³-hybridized carbons (Fsp3) is 0.400. The zero-order valence-corrected chi connectivity index (χ0v) is 12.6. The highest BCUT2D eigenvalue weighted by atomic mass is 32.2. The highest BCUT2D eigenvalue weighted by Crippen LogP contribution is 2.43. The van der Waals surface area contributed by atoms with Crippen molar-refractivity contribution in [3.05, 3.63) is 26.9 Å². The molecule has 2 rings (SSSR count). The van der Waals surface area contributed by atoms with Gasteiger partial charge in [-0.2, -0.15) is 4.37 Å². The fourth-order valence-corrected chi connectivity index (χ4v) is 4.49. The number of aliphatic hydroxyl groups is 1. The van der Waals surface area contributed by atoms with Crippen molar-refractivity contribution in [1.82, 2.24) is 9.36 Å². The van der Waals surface area contributed by atoms with Crippen molar-refractivity contribution in [3.63, 3.8) is 0 Å². The van der Waals surface area contributed by atoms with Crippen LogP contribution >= 0.6 is 34.6 Å². The molecule has 2 aromatic rings. The van der Waals surface area contributed by atoms with E-state index in [0.29, 0.717) is 13.4 Å². The van der Waals surface area contributed by atoms with Gasteiger partial charge in [-0.1, -0.05) is 6.92 Å². The molecule has 0 aromatic carbocycles. The Bertz CT molecular complexity index is 594. The summed E-state index contributed by atoms with van der Waals surface area (Å²) in [7, 11) is 0. The average Bonchev–Trinajstić information content (AvgIpc) is 2.96. The first-order chi connectivity index (χ1) is 9.01. The topological polar surface area (TPSA) is 89.2 Å². The number of hydrogen-bond donors (Lipinski definition) is 1. The van der Waals surface area contributed by atoms with E-state index in [-0.39, 0.29) is 5.69 Å². The summed E-state index contributed by atoms with van der Waals surface area (Å²) in [6.45, 7) is 3.54. The number of nitro groups is 1. The molecule has 19 heavy (non-hydrogen) atoms. The number of aliphatic hydroxyl groups excluding tert-OH is 1. The van der Waals surface area contributed by atoms with E-state index in [1.807, 2.05) is 6.92 Å². The summed E-state index contributed by atoms with van der Waals surface area (Å²) < 4.78 is 5.35. The number of hydrogen-bond acceptors (Lipinski definition) is 8. The lowest BCUT2D eigenvalue weighted by Crippen LogP contribution is -1.87. The molecule has 102 valence electrons. The third-order valence-electron chi connectivity index (χ3n) is 2.25. The zero-order chi connectivity index (χ0) is 14.0. The minimum Gasteiger partial charge on any atom is -0.388 e. The highest BCUT2D eigenvalue weighted by Gasteiger charge is 2.23. The lowest BCUT2D eigenvalue weighted by molar-refractivity contribution is -0.387. The van der Waals surface area contributed by atoms with E-state index in [2.05, 4.69) is 9.36 Å². The summed E-state index contributed by atoms with van der Waals surface area (Å²) >= 11 is 3.68. The zero-order valence-electron chi connectivity index (χ0n) is 10.2. The third-order valence-corrected chi connectivity index (χ3v) is 5.53. The summed E-state index contributed by atoms with van der Waals surface area (Å²) in [5, 5.41) is 20.5. The predicted molar refractivity (Wildman–Crippen MR) is 75.0 cm³/mol. The molecule has 0 aliphatic carbocycles. The predicted octanol–water partition coefficient (Wildman–Crippen LogP) is 3.27. The maximum absolute atomic E-state index is 11.0. The molecule has 2 aromatic heterocycles. The Balaban J connectivity index is 2.30. The molecule has 0 saturated carbocycles. The minimum absolute atomic E-state index is 0.0131. The molecule has 1 N–H and O–H groups in total. The van der Waals surface area contributed by atoms with Crippen LogP contribution in [0.15, 0.2) is 14.6 Å². The molecule has 0 fully saturated rings. The van der Waals surface area contributed by atoms with Gasteiger partial charge < -0.3 is 5.11 Å². The van der Waals surface area contributed by atoms with Gasteiger partial charge in [0, 0.05) is 17.4 Å². The molecule has 0 aliphatic heterocycles. The van der Waals surface area contributed by atoms with Crippen LogP contribution in [0.4, 0.5) is 5.69 Å². The van der Waals surface area contributed by atoms with E-state index in [4.69, 9.17) is 0 Å². The third kappa shape index (κ3) is 3.30. The minimum atomic E-state index is -0.710. The maximum Gasteiger partial charge on any atom is 0.294 e. The Morgan fingerprint density at radius 1 is 1.63 bits per heavy atom. The second-order valence-corrected chi connectivity index (χ2v) is 7.04. The lowest BCUT2D eigenvalue weighted by Gasteiger charge is -1.95. The molecule has 6 nitrogen and oxygen atoms in total. The van der Waals surface area contributed by atoms with Gasteiger partial charge in [0.25, 0.3) is 5.69 Å². The first-order valence-electron chi connectivity index (χ1n) is 5.48. The maximum atomic E-state index is 11.0. The summed E-state index contributed by atoms with van der Waals surface area (Å²) in [6.07, 6.45) is 0.0290. The van der Waals surface area contributed by atoms with E-state index in [9.17, 15) is 15.2 Å². The second-order valence-electron chi connectivity index (χ2n) is 3.69. The van der Waals surface area contributed by atoms with Crippen molar-refractivity contribution < 1.29 is 10.0 Å². The molecule has 2 heterocycles. The van der Waals surface area contributed by atoms with Crippen molar-refractivity contribution in [2.75, 3.05) is 0 Å². The summed E-state index contributed by atoms with van der Waals surface area (Å²) in [5.74, 6) is 0.738. The number of nitrogens with zero attached hydrogens (tertiary/aromatic N) is 3. The van der Waals surface area contributed by atoms with Crippen LogP contribution in [-0.4, -0.2) is 19.4 Å². The van der Waals surface area contributed by atoms with Gasteiger partial charge in [0.2, 0.25) is 0 Å². The van der Waals surface area contributed by atoms with Crippen LogP contribution in [0, 0.1) is 10.1 Å². The molecule has 0 spiro atoms. The van der Waals surface area contributed by atoms with Crippen molar-refractivity contribution in [3.8, 4) is 0 Å². The Hall–Kier alpha value is -1.03. The van der Waals surface area contributed by atoms with Crippen LogP contribution in [0.1, 0.15) is 30.7 Å². The van der Waals surface area contributed by atoms with E-state index in [1.165, 1.54) is 40.7 Å². The van der Waals surface area contributed by atoms with E-state index in [0.717, 1.165) is 12.2 Å². The van der Waals surface area contributed by atoms with Gasteiger partial charge in [-0.15, -0.1) is 11.3 Å². The van der Waals surface area contributed by atoms with Crippen LogP contribution in [0.25, 0.3) is 0 Å². The van der Waals surface area contributed by atoms with E-state index < -0.39 is 11.0 Å². The van der Waals surface area contributed by atoms with Crippen molar-refractivity contribution in [2.24, 2.45) is 0 Å². The number of aryl methyl sites for hydroxylation is 1. The van der Waals surface area contributed by atoms with Gasteiger partial charge in [-0.25, -0.2) is 4.98 Å². The number of aromatic nitrogens is 2. The van der Waals surface area contributed by atoms with Crippen LogP contribution in [0.3, 0.4) is 0 Å². The van der Waals surface area contributed by atoms with Crippen molar-refractivity contribution >= 4 is 40.3 Å². The Labute approximate surface area is 121 Å². The molecule has 0 aliphatic rings. The fourth-order valence-electron chi connectivity index (χ4n) is 1.29. The Morgan fingerprint density at radius 3 is 2.89 bits per heavy atom. The summed E-state index contributed by atoms with van der Waals surface area (Å²) in [6, 6.07) is 1.42. The second kappa shape index (κ2) is 5.95. The Kier molecular flexibility index (Phi) is 4.50. The number of thiophene rings is 1. The van der Waals surface area contributed by atoms with Crippen molar-refractivity contribution in [2.45, 2.75) is 34.9 Å².